The van der Waals surface area contributed by atoms with Crippen molar-refractivity contribution >= 4 is 0 Å². The van der Waals surface area contributed by atoms with Crippen LogP contribution in [0.15, 0.2) is 0 Å². The minimum atomic E-state index is 1.25. The smallest absolute Gasteiger partial charge is 0.211 e. The number of hydrogen-bond donors (Lipinski definition) is 4. The third kappa shape index (κ3) is 131. The van der Waals surface area contributed by atoms with Crippen LogP contribution in [0.2, 0.25) is 0 Å². The molecule has 0 spiro atoms. The fourth-order valence-corrected chi connectivity index (χ4v) is 0. The van der Waals surface area contributed by atoms with E-state index >= 15 is 0 Å². The van der Waals surface area contributed by atoms with E-state index in [-0.39, 0.29) is 0 Å². The molecule has 5 nitrogen and oxygen atoms in total. The van der Waals surface area contributed by atoms with Crippen molar-refractivity contribution in [2.24, 2.45) is 0 Å². The molecule has 0 aliphatic carbocycles. The normalized spacial score (nSPS) is 16.9. The van der Waals surface area contributed by atoms with Crippen LogP contribution in [0.3, 0.4) is 0 Å². The van der Waals surface area contributed by atoms with Gasteiger partial charge in [0, 0.05) is 26.2 Å². The predicted octanol–water partition coefficient (Wildman–Crippen LogP) is -0.705. The van der Waals surface area contributed by atoms with E-state index < -0.39 is 0 Å². The van der Waals surface area contributed by atoms with E-state index in [1.54, 1.807) is 0 Å². The van der Waals surface area contributed by atoms with Crippen molar-refractivity contribution in [1.29, 1.82) is 11.1 Å². The van der Waals surface area contributed by atoms with Crippen molar-refractivity contribution in [2.75, 3.05) is 26.2 Å². The lowest BCUT2D eigenvalue weighted by Gasteiger charge is -1.21. The van der Waals surface area contributed by atoms with Crippen LogP contribution >= 0.6 is 0 Å². The third-order valence-electron chi connectivity index (χ3n) is 0.500. The zero-order valence-electron chi connectivity index (χ0n) is 5.28. The maximum atomic E-state index is 5.50. The van der Waals surface area contributed by atoms with Crippen molar-refractivity contribution in [2.45, 2.75) is 0 Å². The van der Waals surface area contributed by atoms with E-state index in [0.29, 0.717) is 0 Å². The van der Waals surface area contributed by atoms with Crippen molar-refractivity contribution in [3.05, 3.63) is 0 Å². The fourth-order valence-electron chi connectivity index (χ4n) is 0. The van der Waals surface area contributed by atoms with Crippen LogP contribution in [-0.2, 0) is 0 Å². The standard InChI is InChI=1S/2C2H5N.H2N3/c2*1-2-3-1;1-3-2/h2*3H,1-2H2;1-2H/q;;+1. The number of nitrogens with one attached hydrogen (secondary N) is 4. The van der Waals surface area contributed by atoms with Gasteiger partial charge in [0.05, 0.1) is 0 Å². The van der Waals surface area contributed by atoms with E-state index in [2.05, 4.69) is 10.6 Å². The van der Waals surface area contributed by atoms with Crippen molar-refractivity contribution < 1.29 is 0 Å². The zero-order chi connectivity index (χ0) is 6.95. The molecule has 2 saturated heterocycles. The molecule has 2 rings (SSSR count). The van der Waals surface area contributed by atoms with Gasteiger partial charge in [-0.15, -0.1) is 0 Å². The highest BCUT2D eigenvalue weighted by Gasteiger charge is 1.91. The van der Waals surface area contributed by atoms with Gasteiger partial charge in [0.15, 0.2) is 0 Å². The quantitative estimate of drug-likeness (QED) is 0.197. The molecule has 0 atom stereocenters. The van der Waals surface area contributed by atoms with Crippen LogP contribution in [-0.4, -0.2) is 26.2 Å². The Kier molecular flexibility index (Phi) is 6.61. The molecule has 2 heterocycles. The molecule has 2 aliphatic heterocycles. The highest BCUT2D eigenvalue weighted by atomic mass is 15.0. The van der Waals surface area contributed by atoms with Gasteiger partial charge >= 0.3 is 0 Å². The summed E-state index contributed by atoms with van der Waals surface area (Å²) in [5, 5.41) is 6.00. The lowest BCUT2D eigenvalue weighted by molar-refractivity contribution is 0.928. The topological polar surface area (TPSA) is 106 Å². The van der Waals surface area contributed by atoms with Gasteiger partial charge in [-0.2, -0.15) is 0 Å². The molecule has 0 radical (unpaired) electrons. The van der Waals surface area contributed by atoms with Crippen LogP contribution < -0.4 is 15.5 Å². The van der Waals surface area contributed by atoms with Gasteiger partial charge in [-0.1, -0.05) is 0 Å². The zero-order valence-corrected chi connectivity index (χ0v) is 5.28. The maximum absolute atomic E-state index is 5.50. The van der Waals surface area contributed by atoms with E-state index in [9.17, 15) is 0 Å². The molecular weight excluding hydrogens is 118 g/mol. The summed E-state index contributed by atoms with van der Waals surface area (Å²) in [6.07, 6.45) is 0. The monoisotopic (exact) mass is 130 g/mol. The van der Waals surface area contributed by atoms with Crippen molar-refractivity contribution in [3.8, 4) is 0 Å². The molecule has 0 aromatic carbocycles. The molecule has 5 heteroatoms. The van der Waals surface area contributed by atoms with Crippen LogP contribution in [0.4, 0.5) is 0 Å². The molecule has 2 aliphatic rings. The first-order chi connectivity index (χ1) is 4.41. The minimum Gasteiger partial charge on any atom is -0.314 e. The van der Waals surface area contributed by atoms with Crippen LogP contribution in [0.25, 0.3) is 0 Å². The highest BCUT2D eigenvalue weighted by Crippen LogP contribution is 1.65. The minimum absolute atomic E-state index is 1.25. The lowest BCUT2D eigenvalue weighted by Crippen LogP contribution is -1.56. The molecule has 0 amide bonds. The average molecular weight is 130 g/mol. The van der Waals surface area contributed by atoms with Gasteiger partial charge in [0.25, 0.3) is 0 Å². The molecule has 0 aromatic heterocycles. The summed E-state index contributed by atoms with van der Waals surface area (Å²) in [6, 6.07) is 0. The van der Waals surface area contributed by atoms with E-state index in [1.807, 2.05) is 4.91 Å². The Bertz CT molecular complexity index is 69.4. The predicted molar refractivity (Wildman–Crippen MR) is 33.3 cm³/mol. The molecular formula is C4H12N5+. The number of hydrogen-bond acceptors (Lipinski definition) is 4. The first-order valence-corrected chi connectivity index (χ1v) is 2.86. The van der Waals surface area contributed by atoms with Crippen LogP contribution in [0.1, 0.15) is 0 Å². The van der Waals surface area contributed by atoms with E-state index in [0.717, 1.165) is 0 Å². The Hall–Kier alpha value is -0.770. The first-order valence-electron chi connectivity index (χ1n) is 2.86. The molecule has 0 unspecified atom stereocenters. The van der Waals surface area contributed by atoms with Crippen molar-refractivity contribution in [3.63, 3.8) is 0 Å². The summed E-state index contributed by atoms with van der Waals surface area (Å²) in [5.74, 6) is 0. The summed E-state index contributed by atoms with van der Waals surface area (Å²) in [6.45, 7) is 5.00. The second-order valence-electron chi connectivity index (χ2n) is 1.61. The molecule has 0 bridgehead atoms. The van der Waals surface area contributed by atoms with Crippen molar-refractivity contribution in [1.82, 2.24) is 15.5 Å². The van der Waals surface area contributed by atoms with Gasteiger partial charge in [-0.3, -0.25) is 0 Å². The molecule has 4 N–H and O–H groups in total. The molecule has 0 aromatic rings. The van der Waals surface area contributed by atoms with Gasteiger partial charge in [-0.05, 0) is 0 Å². The molecule has 9 heavy (non-hydrogen) atoms. The van der Waals surface area contributed by atoms with E-state index in [1.165, 1.54) is 26.2 Å². The second kappa shape index (κ2) is 7.23. The summed E-state index contributed by atoms with van der Waals surface area (Å²) in [5.41, 5.74) is 11.0. The fraction of sp³-hybridized carbons (Fsp3) is 1.00. The number of nitrogens with zero attached hydrogens (tertiary/aromatic N) is 1. The highest BCUT2D eigenvalue weighted by molar-refractivity contribution is 4.59. The second-order valence-corrected chi connectivity index (χ2v) is 1.61. The Balaban J connectivity index is 0.000000107. The Labute approximate surface area is 53.9 Å². The van der Waals surface area contributed by atoms with E-state index in [4.69, 9.17) is 11.1 Å². The van der Waals surface area contributed by atoms with Crippen LogP contribution in [0.5, 0.6) is 0 Å². The molecule has 2 fully saturated rings. The third-order valence-corrected chi connectivity index (χ3v) is 0.500. The molecule has 52 valence electrons. The van der Waals surface area contributed by atoms with Gasteiger partial charge in [0.2, 0.25) is 4.91 Å². The molecule has 0 saturated carbocycles. The first kappa shape index (κ1) is 8.23. The largest absolute Gasteiger partial charge is 0.314 e. The SMILES string of the molecule is C1CN1.C1CN1.N=[N+]=N. The number of rotatable bonds is 0. The summed E-state index contributed by atoms with van der Waals surface area (Å²) in [4.78, 5) is 2.00. The summed E-state index contributed by atoms with van der Waals surface area (Å²) in [7, 11) is 0. The Morgan fingerprint density at radius 1 is 0.889 bits per heavy atom. The summed E-state index contributed by atoms with van der Waals surface area (Å²) >= 11 is 0. The average Bonchev–Trinajstić information content (AvgIpc) is 2.66. The maximum Gasteiger partial charge on any atom is 0.211 e. The summed E-state index contributed by atoms with van der Waals surface area (Å²) < 4.78 is 0. The Morgan fingerprint density at radius 3 is 1.00 bits per heavy atom. The van der Waals surface area contributed by atoms with Crippen LogP contribution in [0, 0.1) is 11.1 Å². The van der Waals surface area contributed by atoms with Gasteiger partial charge in [0.1, 0.15) is 11.1 Å². The van der Waals surface area contributed by atoms with Gasteiger partial charge < -0.3 is 10.6 Å². The lowest BCUT2D eigenvalue weighted by atomic mass is 11.0. The van der Waals surface area contributed by atoms with Gasteiger partial charge in [-0.25, -0.2) is 0 Å². The Morgan fingerprint density at radius 2 is 1.00 bits per heavy atom.